The van der Waals surface area contributed by atoms with Crippen molar-refractivity contribution in [2.45, 2.75) is 0 Å². The molecule has 11 nitrogen and oxygen atoms in total. The van der Waals surface area contributed by atoms with Gasteiger partial charge in [0.25, 0.3) is 0 Å². The molecule has 0 atom stereocenters. The summed E-state index contributed by atoms with van der Waals surface area (Å²) in [5, 5.41) is 47.8. The zero-order valence-electron chi connectivity index (χ0n) is 12.9. The average Bonchev–Trinajstić information content (AvgIpc) is 2.99. The summed E-state index contributed by atoms with van der Waals surface area (Å²) in [4.78, 5) is 38.2. The van der Waals surface area contributed by atoms with E-state index in [1.54, 1.807) is 18.3 Å². The summed E-state index contributed by atoms with van der Waals surface area (Å²) in [5.74, 6) is -4.77. The summed E-state index contributed by atoms with van der Waals surface area (Å²) in [6.45, 7) is 0. The van der Waals surface area contributed by atoms with E-state index in [9.17, 15) is 19.2 Å². The minimum absolute atomic E-state index is 0.261. The number of aromatic amines is 1. The zero-order valence-corrected chi connectivity index (χ0v) is 12.9. The highest BCUT2D eigenvalue weighted by Crippen LogP contribution is 2.16. The van der Waals surface area contributed by atoms with Crippen molar-refractivity contribution in [3.63, 3.8) is 0 Å². The minimum Gasteiger partial charge on any atom is -0.508 e. The number of carbonyl (C=O) groups is 4. The first-order valence-electron chi connectivity index (χ1n) is 6.51. The van der Waals surface area contributed by atoms with Crippen molar-refractivity contribution in [3.05, 3.63) is 48.7 Å². The molecule has 0 bridgehead atoms. The van der Waals surface area contributed by atoms with Crippen LogP contribution in [0.2, 0.25) is 0 Å². The van der Waals surface area contributed by atoms with Gasteiger partial charge in [-0.05, 0) is 12.1 Å². The number of H-pyrrole nitrogens is 1. The standard InChI is InChI=1S/C7H6N2O.2C4H4O4/c10-6-2-1-5-4-8-9-7(5)3-6;2*5-3(6)1-2-4(7)8/h1-4,10H,(H,8,9);2*1-2H,(H,5,6)(H,7,8)/b;2*2-1-. The number of phenols is 1. The van der Waals surface area contributed by atoms with Crippen LogP contribution in [-0.4, -0.2) is 59.6 Å². The molecule has 6 N–H and O–H groups in total. The van der Waals surface area contributed by atoms with Crippen LogP contribution in [0.5, 0.6) is 5.75 Å². The van der Waals surface area contributed by atoms with Crippen LogP contribution in [0.25, 0.3) is 10.9 Å². The van der Waals surface area contributed by atoms with E-state index in [0.717, 1.165) is 10.9 Å². The van der Waals surface area contributed by atoms with Gasteiger partial charge in [0.05, 0.1) is 11.7 Å². The van der Waals surface area contributed by atoms with Crippen LogP contribution in [0.4, 0.5) is 0 Å². The maximum atomic E-state index is 9.55. The summed E-state index contributed by atoms with van der Waals surface area (Å²) < 4.78 is 0. The molecule has 1 aromatic carbocycles. The number of nitrogens with one attached hydrogen (secondary N) is 1. The molecule has 1 heterocycles. The van der Waals surface area contributed by atoms with Crippen molar-refractivity contribution < 1.29 is 44.7 Å². The number of phenolic OH excluding ortho intramolecular Hbond substituents is 1. The molecule has 0 saturated carbocycles. The van der Waals surface area contributed by atoms with Crippen LogP contribution in [0, 0.1) is 0 Å². The van der Waals surface area contributed by atoms with Gasteiger partial charge in [-0.1, -0.05) is 0 Å². The molecule has 2 aromatic rings. The molecular formula is C15H14N2O9. The van der Waals surface area contributed by atoms with Gasteiger partial charge in [0.15, 0.2) is 0 Å². The molecule has 2 rings (SSSR count). The summed E-state index contributed by atoms with van der Waals surface area (Å²) in [6, 6.07) is 5.09. The van der Waals surface area contributed by atoms with Crippen LogP contribution < -0.4 is 0 Å². The second kappa shape index (κ2) is 11.4. The van der Waals surface area contributed by atoms with Crippen LogP contribution >= 0.6 is 0 Å². The highest BCUT2D eigenvalue weighted by atomic mass is 16.4. The lowest BCUT2D eigenvalue weighted by molar-refractivity contribution is -0.134. The van der Waals surface area contributed by atoms with Gasteiger partial charge in [-0.25, -0.2) is 19.2 Å². The molecule has 0 spiro atoms. The van der Waals surface area contributed by atoms with Crippen LogP contribution in [0.15, 0.2) is 48.7 Å². The summed E-state index contributed by atoms with van der Waals surface area (Å²) in [5.41, 5.74) is 0.861. The lowest BCUT2D eigenvalue weighted by Crippen LogP contribution is -1.91. The number of benzene rings is 1. The minimum atomic E-state index is -1.26. The van der Waals surface area contributed by atoms with Crippen molar-refractivity contribution in [2.24, 2.45) is 0 Å². The summed E-state index contributed by atoms with van der Waals surface area (Å²) in [6.07, 6.45) is 3.95. The highest BCUT2D eigenvalue weighted by Gasteiger charge is 1.94. The van der Waals surface area contributed by atoms with Gasteiger partial charge in [0, 0.05) is 35.8 Å². The number of carboxylic acid groups (broad SMARTS) is 4. The molecule has 0 aliphatic heterocycles. The predicted molar refractivity (Wildman–Crippen MR) is 86.6 cm³/mol. The molecule has 11 heteroatoms. The quantitative estimate of drug-likeness (QED) is 0.418. The Morgan fingerprint density at radius 1 is 0.808 bits per heavy atom. The largest absolute Gasteiger partial charge is 0.508 e. The molecule has 0 aliphatic rings. The molecule has 0 unspecified atom stereocenters. The van der Waals surface area contributed by atoms with E-state index in [4.69, 9.17) is 25.5 Å². The highest BCUT2D eigenvalue weighted by molar-refractivity contribution is 5.90. The monoisotopic (exact) mass is 366 g/mol. The van der Waals surface area contributed by atoms with Crippen LogP contribution in [0.3, 0.4) is 0 Å². The third-order valence-corrected chi connectivity index (χ3v) is 2.16. The number of aliphatic carboxylic acids is 4. The van der Waals surface area contributed by atoms with Crippen molar-refractivity contribution in [3.8, 4) is 5.75 Å². The lowest BCUT2D eigenvalue weighted by atomic mass is 10.2. The lowest BCUT2D eigenvalue weighted by Gasteiger charge is -1.88. The van der Waals surface area contributed by atoms with Crippen molar-refractivity contribution in [2.75, 3.05) is 0 Å². The van der Waals surface area contributed by atoms with Gasteiger partial charge in [-0.2, -0.15) is 5.10 Å². The molecule has 26 heavy (non-hydrogen) atoms. The molecule has 0 fully saturated rings. The van der Waals surface area contributed by atoms with Gasteiger partial charge >= 0.3 is 23.9 Å². The third kappa shape index (κ3) is 11.4. The van der Waals surface area contributed by atoms with Gasteiger partial charge in [-0.3, -0.25) is 5.10 Å². The summed E-state index contributed by atoms with van der Waals surface area (Å²) >= 11 is 0. The number of hydrogen-bond donors (Lipinski definition) is 6. The Balaban J connectivity index is 0.000000366. The molecule has 0 amide bonds. The Morgan fingerprint density at radius 2 is 1.23 bits per heavy atom. The molecule has 0 aliphatic carbocycles. The molecular weight excluding hydrogens is 352 g/mol. The second-order valence-corrected chi connectivity index (χ2v) is 4.16. The molecule has 0 saturated heterocycles. The van der Waals surface area contributed by atoms with E-state index >= 15 is 0 Å². The smallest absolute Gasteiger partial charge is 0.328 e. The first kappa shape index (κ1) is 21.9. The third-order valence-electron chi connectivity index (χ3n) is 2.16. The van der Waals surface area contributed by atoms with Crippen molar-refractivity contribution >= 4 is 34.8 Å². The fourth-order valence-electron chi connectivity index (χ4n) is 1.21. The Hall–Kier alpha value is -4.15. The van der Waals surface area contributed by atoms with Gasteiger partial charge in [-0.15, -0.1) is 0 Å². The Kier molecular flexibility index (Phi) is 9.58. The average molecular weight is 366 g/mol. The number of carboxylic acids is 4. The first-order valence-corrected chi connectivity index (χ1v) is 6.51. The predicted octanol–water partition coefficient (Wildman–Crippen LogP) is 0.692. The van der Waals surface area contributed by atoms with E-state index in [1.165, 1.54) is 0 Å². The Labute approximate surface area is 145 Å². The first-order chi connectivity index (χ1) is 12.1. The zero-order chi connectivity index (χ0) is 20.1. The molecule has 1 aromatic heterocycles. The van der Waals surface area contributed by atoms with Gasteiger partial charge in [0.2, 0.25) is 0 Å². The number of rotatable bonds is 4. The normalized spacial score (nSPS) is 9.85. The summed E-state index contributed by atoms with van der Waals surface area (Å²) in [7, 11) is 0. The maximum absolute atomic E-state index is 9.55. The topological polar surface area (TPSA) is 198 Å². The fraction of sp³-hybridized carbons (Fsp3) is 0. The number of aromatic hydroxyl groups is 1. The number of nitrogens with zero attached hydrogens (tertiary/aromatic N) is 1. The second-order valence-electron chi connectivity index (χ2n) is 4.16. The molecule has 138 valence electrons. The van der Waals surface area contributed by atoms with E-state index in [0.29, 0.717) is 24.3 Å². The van der Waals surface area contributed by atoms with E-state index in [2.05, 4.69) is 10.2 Å². The SMILES string of the molecule is O=C(O)/C=C\C(=O)O.O=C(O)/C=C\C(=O)O.Oc1ccc2cn[nH]c2c1. The number of aromatic nitrogens is 2. The van der Waals surface area contributed by atoms with Crippen molar-refractivity contribution in [1.29, 1.82) is 0 Å². The van der Waals surface area contributed by atoms with Crippen LogP contribution in [0.1, 0.15) is 0 Å². The maximum Gasteiger partial charge on any atom is 0.328 e. The number of fused-ring (bicyclic) bond motifs is 1. The van der Waals surface area contributed by atoms with Crippen LogP contribution in [-0.2, 0) is 19.2 Å². The van der Waals surface area contributed by atoms with E-state index in [1.807, 2.05) is 6.07 Å². The van der Waals surface area contributed by atoms with Crippen molar-refractivity contribution in [1.82, 2.24) is 10.2 Å². The number of hydrogen-bond acceptors (Lipinski definition) is 6. The van der Waals surface area contributed by atoms with E-state index < -0.39 is 23.9 Å². The Morgan fingerprint density at radius 3 is 1.62 bits per heavy atom. The fourth-order valence-corrected chi connectivity index (χ4v) is 1.21. The molecule has 0 radical (unpaired) electrons. The Bertz CT molecular complexity index is 771. The van der Waals surface area contributed by atoms with Gasteiger partial charge < -0.3 is 25.5 Å². The van der Waals surface area contributed by atoms with E-state index in [-0.39, 0.29) is 5.75 Å². The van der Waals surface area contributed by atoms with Gasteiger partial charge in [0.1, 0.15) is 5.75 Å².